The zero-order valence-corrected chi connectivity index (χ0v) is 14.8. The van der Waals surface area contributed by atoms with E-state index in [1.807, 2.05) is 0 Å². The molecule has 10 nitrogen and oxygen atoms in total. The third-order valence-corrected chi connectivity index (χ3v) is 4.27. The summed E-state index contributed by atoms with van der Waals surface area (Å²) in [5.41, 5.74) is -0.0796. The number of nitro groups is 1. The van der Waals surface area contributed by atoms with Gasteiger partial charge in [0, 0.05) is 25.2 Å². The Kier molecular flexibility index (Phi) is 4.83. The van der Waals surface area contributed by atoms with Crippen LogP contribution >= 0.6 is 11.6 Å². The highest BCUT2D eigenvalue weighted by Crippen LogP contribution is 2.29. The Morgan fingerprint density at radius 1 is 1.32 bits per heavy atom. The first kappa shape index (κ1) is 18.5. The Morgan fingerprint density at radius 2 is 2.14 bits per heavy atom. The Labute approximate surface area is 160 Å². The Hall–Kier alpha value is -2.83. The molecule has 28 heavy (non-hydrogen) atoms. The Bertz CT molecular complexity index is 1060. The summed E-state index contributed by atoms with van der Waals surface area (Å²) in [5, 5.41) is 13.9. The minimum atomic E-state index is -2.97. The fraction of sp³-hybridized carbons (Fsp3) is 0.333. The lowest BCUT2D eigenvalue weighted by molar-refractivity contribution is -0.384. The predicted molar refractivity (Wildman–Crippen MR) is 92.6 cm³/mol. The molecular weight excluding hydrogens is 400 g/mol. The number of aromatic nitrogens is 5. The summed E-state index contributed by atoms with van der Waals surface area (Å²) < 4.78 is 33.8. The van der Waals surface area contributed by atoms with Crippen molar-refractivity contribution < 1.29 is 18.4 Å². The molecule has 2 aromatic heterocycles. The number of rotatable bonds is 4. The van der Waals surface area contributed by atoms with Gasteiger partial charge in [-0.05, 0) is 17.7 Å². The maximum atomic E-state index is 13.6. The van der Waals surface area contributed by atoms with Crippen LogP contribution in [0.4, 0.5) is 14.5 Å². The number of nitro benzene ring substituents is 1. The van der Waals surface area contributed by atoms with Gasteiger partial charge in [0.15, 0.2) is 11.6 Å². The van der Waals surface area contributed by atoms with Crippen LogP contribution in [0, 0.1) is 10.1 Å². The van der Waals surface area contributed by atoms with Crippen LogP contribution in [0.5, 0.6) is 0 Å². The summed E-state index contributed by atoms with van der Waals surface area (Å²) in [6, 6.07) is 3.60. The van der Waals surface area contributed by atoms with Gasteiger partial charge < -0.3 is 10.1 Å². The maximum absolute atomic E-state index is 13.6. The molecule has 1 aromatic carbocycles. The van der Waals surface area contributed by atoms with Gasteiger partial charge in [-0.25, -0.2) is 13.8 Å². The second-order valence-corrected chi connectivity index (χ2v) is 6.20. The van der Waals surface area contributed by atoms with Crippen LogP contribution < -0.4 is 5.32 Å². The van der Waals surface area contributed by atoms with Gasteiger partial charge >= 0.3 is 0 Å². The highest BCUT2D eigenvalue weighted by Gasteiger charge is 2.26. The lowest BCUT2D eigenvalue weighted by Gasteiger charge is -2.22. The average molecular weight is 412 g/mol. The van der Waals surface area contributed by atoms with Crippen molar-refractivity contribution in [3.63, 3.8) is 0 Å². The number of alkyl halides is 2. The molecule has 0 spiro atoms. The van der Waals surface area contributed by atoms with Gasteiger partial charge in [-0.1, -0.05) is 0 Å². The standard InChI is InChI=1S/C15H12ClF2N7O3/c16-14-21-12(10-6-19-3-4-28-10)22-15(23-14)24-9-2-1-7(25(26)27)5-8(9)20-13(24)11(17)18/h1-2,5,10-11,19H,3-4,6H2. The molecule has 1 saturated heterocycles. The third kappa shape index (κ3) is 3.37. The van der Waals surface area contributed by atoms with E-state index in [-0.39, 0.29) is 33.8 Å². The lowest BCUT2D eigenvalue weighted by atomic mass is 10.3. The molecule has 1 unspecified atom stereocenters. The maximum Gasteiger partial charge on any atom is 0.296 e. The van der Waals surface area contributed by atoms with Crippen LogP contribution in [0.3, 0.4) is 0 Å². The fourth-order valence-corrected chi connectivity index (χ4v) is 3.05. The van der Waals surface area contributed by atoms with E-state index in [2.05, 4.69) is 25.3 Å². The number of nitrogens with zero attached hydrogens (tertiary/aromatic N) is 6. The number of fused-ring (bicyclic) bond motifs is 1. The second kappa shape index (κ2) is 7.30. The molecule has 13 heteroatoms. The average Bonchev–Trinajstić information content (AvgIpc) is 3.07. The molecule has 1 fully saturated rings. The molecule has 4 rings (SSSR count). The highest BCUT2D eigenvalue weighted by molar-refractivity contribution is 6.28. The molecule has 146 valence electrons. The molecule has 0 saturated carbocycles. The van der Waals surface area contributed by atoms with Crippen LogP contribution in [0.2, 0.25) is 5.28 Å². The topological polar surface area (TPSA) is 121 Å². The smallest absolute Gasteiger partial charge is 0.296 e. The van der Waals surface area contributed by atoms with Gasteiger partial charge in [0.25, 0.3) is 12.1 Å². The summed E-state index contributed by atoms with van der Waals surface area (Å²) in [4.78, 5) is 26.4. The van der Waals surface area contributed by atoms with Crippen molar-refractivity contribution in [2.75, 3.05) is 19.7 Å². The van der Waals surface area contributed by atoms with Crippen LogP contribution in [0.15, 0.2) is 18.2 Å². The van der Waals surface area contributed by atoms with E-state index in [9.17, 15) is 18.9 Å². The third-order valence-electron chi connectivity index (χ3n) is 4.10. The van der Waals surface area contributed by atoms with Gasteiger partial charge in [-0.15, -0.1) is 0 Å². The van der Waals surface area contributed by atoms with Gasteiger partial charge in [0.05, 0.1) is 22.6 Å². The van der Waals surface area contributed by atoms with Crippen molar-refractivity contribution in [1.82, 2.24) is 29.8 Å². The molecule has 1 N–H and O–H groups in total. The summed E-state index contributed by atoms with van der Waals surface area (Å²) >= 11 is 5.99. The molecular formula is C15H12ClF2N7O3. The zero-order valence-electron chi connectivity index (χ0n) is 14.0. The minimum absolute atomic E-state index is 0.0122. The van der Waals surface area contributed by atoms with Gasteiger partial charge in [-0.3, -0.25) is 14.7 Å². The van der Waals surface area contributed by atoms with E-state index in [1.54, 1.807) is 0 Å². The molecule has 1 aliphatic heterocycles. The summed E-state index contributed by atoms with van der Waals surface area (Å²) in [7, 11) is 0. The van der Waals surface area contributed by atoms with Gasteiger partial charge in [0.1, 0.15) is 6.10 Å². The Balaban J connectivity index is 1.89. The molecule has 3 aromatic rings. The number of hydrogen-bond donors (Lipinski definition) is 1. The number of benzene rings is 1. The van der Waals surface area contributed by atoms with Crippen molar-refractivity contribution in [3.05, 3.63) is 45.2 Å². The van der Waals surface area contributed by atoms with Crippen molar-refractivity contribution >= 4 is 28.3 Å². The second-order valence-electron chi connectivity index (χ2n) is 5.86. The number of morpholine rings is 1. The van der Waals surface area contributed by atoms with E-state index >= 15 is 0 Å². The SMILES string of the molecule is O=[N+]([O-])c1ccc2c(c1)nc(C(F)F)n2-c1nc(Cl)nc(C2CNCCO2)n1. The van der Waals surface area contributed by atoms with E-state index < -0.39 is 23.3 Å². The monoisotopic (exact) mass is 411 g/mol. The summed E-state index contributed by atoms with van der Waals surface area (Å²) in [5.74, 6) is -0.645. The number of ether oxygens (including phenoxy) is 1. The predicted octanol–water partition coefficient (Wildman–Crippen LogP) is 2.37. The van der Waals surface area contributed by atoms with E-state index in [1.165, 1.54) is 12.1 Å². The molecule has 0 aliphatic carbocycles. The molecule has 0 radical (unpaired) electrons. The van der Waals surface area contributed by atoms with Crippen LogP contribution in [0.1, 0.15) is 24.2 Å². The normalized spacial score (nSPS) is 17.4. The largest absolute Gasteiger partial charge is 0.368 e. The number of nitrogens with one attached hydrogen (secondary N) is 1. The van der Waals surface area contributed by atoms with Gasteiger partial charge in [0.2, 0.25) is 11.2 Å². The number of halogens is 3. The quantitative estimate of drug-likeness (QED) is 0.513. The molecule has 3 heterocycles. The Morgan fingerprint density at radius 3 is 2.82 bits per heavy atom. The van der Waals surface area contributed by atoms with Crippen molar-refractivity contribution in [2.45, 2.75) is 12.5 Å². The van der Waals surface area contributed by atoms with E-state index in [4.69, 9.17) is 16.3 Å². The molecule has 1 atom stereocenters. The molecule has 1 aliphatic rings. The number of imidazole rings is 1. The first-order valence-corrected chi connectivity index (χ1v) is 8.51. The van der Waals surface area contributed by atoms with Crippen LogP contribution in [0.25, 0.3) is 17.0 Å². The molecule has 0 bridgehead atoms. The summed E-state index contributed by atoms with van der Waals surface area (Å²) in [6.45, 7) is 1.53. The first-order valence-electron chi connectivity index (χ1n) is 8.13. The zero-order chi connectivity index (χ0) is 19.8. The van der Waals surface area contributed by atoms with Crippen LogP contribution in [-0.2, 0) is 4.74 Å². The highest BCUT2D eigenvalue weighted by atomic mass is 35.5. The fourth-order valence-electron chi connectivity index (χ4n) is 2.89. The minimum Gasteiger partial charge on any atom is -0.368 e. The van der Waals surface area contributed by atoms with Crippen LogP contribution in [-0.4, -0.2) is 49.1 Å². The first-order chi connectivity index (χ1) is 13.4. The number of hydrogen-bond acceptors (Lipinski definition) is 8. The number of non-ortho nitro benzene ring substituents is 1. The van der Waals surface area contributed by atoms with E-state index in [0.717, 1.165) is 10.6 Å². The lowest BCUT2D eigenvalue weighted by Crippen LogP contribution is -2.34. The molecule has 0 amide bonds. The van der Waals surface area contributed by atoms with Crippen molar-refractivity contribution in [3.8, 4) is 5.95 Å². The summed E-state index contributed by atoms with van der Waals surface area (Å²) in [6.07, 6.45) is -3.49. The van der Waals surface area contributed by atoms with Gasteiger partial charge in [-0.2, -0.15) is 15.0 Å². The van der Waals surface area contributed by atoms with E-state index in [0.29, 0.717) is 19.7 Å². The van der Waals surface area contributed by atoms with Crippen molar-refractivity contribution in [2.24, 2.45) is 0 Å². The van der Waals surface area contributed by atoms with Crippen molar-refractivity contribution in [1.29, 1.82) is 0 Å².